The van der Waals surface area contributed by atoms with Crippen molar-refractivity contribution in [2.75, 3.05) is 0 Å². The molecule has 0 amide bonds. The van der Waals surface area contributed by atoms with E-state index in [9.17, 15) is 0 Å². The highest BCUT2D eigenvalue weighted by molar-refractivity contribution is 5.39. The van der Waals surface area contributed by atoms with Gasteiger partial charge in [0.1, 0.15) is 0 Å². The van der Waals surface area contributed by atoms with Crippen LogP contribution < -0.4 is 0 Å². The molecule has 0 N–H and O–H groups in total. The van der Waals surface area contributed by atoms with Crippen LogP contribution >= 0.6 is 0 Å². The summed E-state index contributed by atoms with van der Waals surface area (Å²) in [5.41, 5.74) is 3.78. The lowest BCUT2D eigenvalue weighted by atomic mass is 9.75. The van der Waals surface area contributed by atoms with Crippen LogP contribution in [-0.4, -0.2) is 0 Å². The minimum atomic E-state index is 0. The van der Waals surface area contributed by atoms with E-state index in [-0.39, 0.29) is 7.43 Å². The van der Waals surface area contributed by atoms with Crippen LogP contribution in [0.4, 0.5) is 0 Å². The fourth-order valence-electron chi connectivity index (χ4n) is 3.08. The van der Waals surface area contributed by atoms with E-state index in [1.807, 2.05) is 27.7 Å². The summed E-state index contributed by atoms with van der Waals surface area (Å²) in [6.07, 6.45) is 8.07. The van der Waals surface area contributed by atoms with Gasteiger partial charge in [-0.1, -0.05) is 86.1 Å². The zero-order valence-corrected chi connectivity index (χ0v) is 14.1. The van der Waals surface area contributed by atoms with Gasteiger partial charge in [0, 0.05) is 0 Å². The molecule has 118 valence electrons. The van der Waals surface area contributed by atoms with Gasteiger partial charge in [0.25, 0.3) is 0 Å². The molecule has 0 nitrogen and oxygen atoms in total. The summed E-state index contributed by atoms with van der Waals surface area (Å²) in [5, 5.41) is 0. The quantitative estimate of drug-likeness (QED) is 0.548. The molecule has 0 heteroatoms. The molecule has 0 saturated carbocycles. The van der Waals surface area contributed by atoms with E-state index < -0.39 is 0 Å². The number of hydrogen-bond acceptors (Lipinski definition) is 0. The molecule has 0 fully saturated rings. The van der Waals surface area contributed by atoms with E-state index in [2.05, 4.69) is 38.1 Å². The lowest BCUT2D eigenvalue weighted by Gasteiger charge is -2.29. The monoisotopic (exact) mass is 278 g/mol. The van der Waals surface area contributed by atoms with Gasteiger partial charge in [-0.2, -0.15) is 0 Å². The first-order valence-electron chi connectivity index (χ1n) is 8.41. The molecular weight excluding hydrogens is 240 g/mol. The second-order valence-electron chi connectivity index (χ2n) is 4.89. The van der Waals surface area contributed by atoms with E-state index in [0.29, 0.717) is 5.41 Å². The Morgan fingerprint density at radius 1 is 1.00 bits per heavy atom. The number of hydrogen-bond donors (Lipinski definition) is 0. The van der Waals surface area contributed by atoms with Crippen molar-refractivity contribution in [2.24, 2.45) is 0 Å². The van der Waals surface area contributed by atoms with Crippen LogP contribution in [0, 0.1) is 0 Å². The van der Waals surface area contributed by atoms with Crippen molar-refractivity contribution in [3.8, 4) is 0 Å². The highest BCUT2D eigenvalue weighted by Gasteiger charge is 2.35. The Hall–Kier alpha value is -0.780. The second kappa shape index (κ2) is 12.0. The summed E-state index contributed by atoms with van der Waals surface area (Å²) < 4.78 is 0. The Morgan fingerprint density at radius 2 is 1.60 bits per heavy atom. The normalized spacial score (nSPS) is 18.7. The Morgan fingerprint density at radius 3 is 2.15 bits per heavy atom. The molecule has 0 radical (unpaired) electrons. The van der Waals surface area contributed by atoms with Crippen LogP contribution in [0.5, 0.6) is 0 Å². The van der Waals surface area contributed by atoms with Crippen molar-refractivity contribution in [2.45, 2.75) is 92.9 Å². The lowest BCUT2D eigenvalue weighted by Crippen LogP contribution is -2.21. The van der Waals surface area contributed by atoms with Gasteiger partial charge in [0.2, 0.25) is 0 Å². The van der Waals surface area contributed by atoms with Crippen molar-refractivity contribution in [3.05, 3.63) is 35.4 Å². The summed E-state index contributed by atoms with van der Waals surface area (Å²) in [4.78, 5) is 0. The van der Waals surface area contributed by atoms with E-state index in [1.165, 1.54) is 38.5 Å². The van der Waals surface area contributed by atoms with Crippen molar-refractivity contribution in [1.82, 2.24) is 0 Å². The fourth-order valence-corrected chi connectivity index (χ4v) is 3.08. The first-order valence-corrected chi connectivity index (χ1v) is 8.41. The maximum Gasteiger partial charge on any atom is -0.00437 e. The topological polar surface area (TPSA) is 0 Å². The molecule has 1 aliphatic carbocycles. The van der Waals surface area contributed by atoms with E-state index in [4.69, 9.17) is 0 Å². The lowest BCUT2D eigenvalue weighted by molar-refractivity contribution is 0.365. The molecule has 1 aromatic carbocycles. The first-order chi connectivity index (χ1) is 9.32. The molecule has 20 heavy (non-hydrogen) atoms. The van der Waals surface area contributed by atoms with E-state index >= 15 is 0 Å². The fraction of sp³-hybridized carbons (Fsp3) is 0.700. The Kier molecular flexibility index (Phi) is 12.9. The van der Waals surface area contributed by atoms with Gasteiger partial charge in [-0.05, 0) is 42.2 Å². The molecule has 0 saturated heterocycles. The van der Waals surface area contributed by atoms with Crippen molar-refractivity contribution in [1.29, 1.82) is 0 Å². The van der Waals surface area contributed by atoms with Crippen LogP contribution in [0.15, 0.2) is 24.3 Å². The molecule has 0 spiro atoms. The van der Waals surface area contributed by atoms with Gasteiger partial charge in [-0.3, -0.25) is 0 Å². The number of benzene rings is 1. The predicted octanol–water partition coefficient (Wildman–Crippen LogP) is 7.16. The molecular formula is C20H38. The standard InChI is InChI=1S/C15H22.2C2H6.CH4/c1-3-5-11-15(4-2)12-10-13-8-6-7-9-14(13)15;2*1-2;/h6-9H,3-5,10-12H2,1-2H3;2*1-2H3;1H4. The molecule has 0 aromatic heterocycles. The average molecular weight is 279 g/mol. The molecule has 2 rings (SSSR count). The Labute approximate surface area is 129 Å². The molecule has 0 aliphatic heterocycles. The highest BCUT2D eigenvalue weighted by Crippen LogP contribution is 2.44. The van der Waals surface area contributed by atoms with Crippen molar-refractivity contribution < 1.29 is 0 Å². The maximum atomic E-state index is 2.36. The summed E-state index contributed by atoms with van der Waals surface area (Å²) in [6, 6.07) is 9.07. The minimum absolute atomic E-state index is 0. The smallest absolute Gasteiger partial charge is 0.00437 e. The van der Waals surface area contributed by atoms with Crippen molar-refractivity contribution in [3.63, 3.8) is 0 Å². The molecule has 1 aromatic rings. The summed E-state index contributed by atoms with van der Waals surface area (Å²) in [5.74, 6) is 0. The minimum Gasteiger partial charge on any atom is -0.0776 e. The average Bonchev–Trinajstić information content (AvgIpc) is 2.89. The zero-order chi connectivity index (χ0) is 14.7. The largest absolute Gasteiger partial charge is 0.0776 e. The van der Waals surface area contributed by atoms with E-state index in [1.54, 1.807) is 11.1 Å². The SMILES string of the molecule is C.CC.CC.CCCCC1(CC)CCc2ccccc21. The second-order valence-corrected chi connectivity index (χ2v) is 4.89. The van der Waals surface area contributed by atoms with Crippen LogP contribution in [0.2, 0.25) is 0 Å². The third-order valence-corrected chi connectivity index (χ3v) is 4.15. The molecule has 0 bridgehead atoms. The third kappa shape index (κ3) is 4.96. The van der Waals surface area contributed by atoms with Gasteiger partial charge < -0.3 is 0 Å². The third-order valence-electron chi connectivity index (χ3n) is 4.15. The van der Waals surface area contributed by atoms with Gasteiger partial charge in [0.05, 0.1) is 0 Å². The maximum absolute atomic E-state index is 2.36. The van der Waals surface area contributed by atoms with Gasteiger partial charge in [-0.25, -0.2) is 0 Å². The van der Waals surface area contributed by atoms with Crippen LogP contribution in [0.3, 0.4) is 0 Å². The Balaban J connectivity index is 0. The number of aryl methyl sites for hydroxylation is 1. The zero-order valence-electron chi connectivity index (χ0n) is 14.1. The van der Waals surface area contributed by atoms with Gasteiger partial charge in [0.15, 0.2) is 0 Å². The van der Waals surface area contributed by atoms with Gasteiger partial charge >= 0.3 is 0 Å². The molecule has 1 atom stereocenters. The molecule has 0 heterocycles. The van der Waals surface area contributed by atoms with Gasteiger partial charge in [-0.15, -0.1) is 0 Å². The number of fused-ring (bicyclic) bond motifs is 1. The highest BCUT2D eigenvalue weighted by atomic mass is 14.4. The van der Waals surface area contributed by atoms with Crippen LogP contribution in [0.25, 0.3) is 0 Å². The van der Waals surface area contributed by atoms with Crippen molar-refractivity contribution >= 4 is 0 Å². The molecule has 1 unspecified atom stereocenters. The summed E-state index contributed by atoms with van der Waals surface area (Å²) in [7, 11) is 0. The first kappa shape index (κ1) is 21.5. The van der Waals surface area contributed by atoms with Crippen LogP contribution in [-0.2, 0) is 11.8 Å². The number of unbranched alkanes of at least 4 members (excludes halogenated alkanes) is 1. The van der Waals surface area contributed by atoms with Crippen LogP contribution in [0.1, 0.15) is 92.2 Å². The number of rotatable bonds is 4. The summed E-state index contributed by atoms with van der Waals surface area (Å²) in [6.45, 7) is 12.7. The van der Waals surface area contributed by atoms with E-state index in [0.717, 1.165) is 0 Å². The Bertz CT molecular complexity index is 327. The molecule has 1 aliphatic rings. The predicted molar refractivity (Wildman–Crippen MR) is 95.7 cm³/mol. The summed E-state index contributed by atoms with van der Waals surface area (Å²) >= 11 is 0.